The van der Waals surface area contributed by atoms with E-state index < -0.39 is 0 Å². The van der Waals surface area contributed by atoms with E-state index in [0.29, 0.717) is 0 Å². The summed E-state index contributed by atoms with van der Waals surface area (Å²) in [5.74, 6) is 1.78. The normalized spacial score (nSPS) is 18.2. The van der Waals surface area contributed by atoms with E-state index in [2.05, 4.69) is 11.4 Å². The maximum atomic E-state index is 12.3. The van der Waals surface area contributed by atoms with E-state index in [1.807, 2.05) is 53.1 Å². The van der Waals surface area contributed by atoms with E-state index in [1.165, 1.54) is 4.88 Å². The van der Waals surface area contributed by atoms with Gasteiger partial charge in [0.05, 0.1) is 0 Å². The molecule has 1 fully saturated rings. The molecule has 1 aliphatic rings. The molecule has 1 amide bonds. The van der Waals surface area contributed by atoms with Gasteiger partial charge in [0.25, 0.3) is 5.91 Å². The number of thioether (sulfide) groups is 1. The molecule has 1 unspecified atom stereocenters. The largest absolute Gasteiger partial charge is 0.484 e. The van der Waals surface area contributed by atoms with Crippen LogP contribution in [0.5, 0.6) is 5.75 Å². The molecule has 1 aliphatic heterocycles. The van der Waals surface area contributed by atoms with Crippen LogP contribution < -0.4 is 4.74 Å². The number of rotatable bonds is 4. The zero-order chi connectivity index (χ0) is 13.8. The first-order chi connectivity index (χ1) is 9.84. The third kappa shape index (κ3) is 2.99. The molecule has 3 nitrogen and oxygen atoms in total. The van der Waals surface area contributed by atoms with Crippen molar-refractivity contribution < 1.29 is 9.53 Å². The molecule has 1 saturated heterocycles. The Balaban J connectivity index is 1.62. The summed E-state index contributed by atoms with van der Waals surface area (Å²) >= 11 is 3.52. The first-order valence-electron chi connectivity index (χ1n) is 6.47. The van der Waals surface area contributed by atoms with E-state index >= 15 is 0 Å². The maximum Gasteiger partial charge on any atom is 0.261 e. The second-order valence-electron chi connectivity index (χ2n) is 4.43. The van der Waals surface area contributed by atoms with Crippen LogP contribution in [0.15, 0.2) is 47.8 Å². The minimum Gasteiger partial charge on any atom is -0.484 e. The van der Waals surface area contributed by atoms with Crippen LogP contribution in [-0.4, -0.2) is 29.7 Å². The van der Waals surface area contributed by atoms with Crippen molar-refractivity contribution >= 4 is 29.0 Å². The number of thiophene rings is 1. The summed E-state index contributed by atoms with van der Waals surface area (Å²) in [6.07, 6.45) is 0. The molecule has 0 radical (unpaired) electrons. The minimum absolute atomic E-state index is 0.0530. The molecule has 5 heteroatoms. The van der Waals surface area contributed by atoms with Gasteiger partial charge in [-0.1, -0.05) is 24.3 Å². The third-order valence-corrected chi connectivity index (χ3v) is 5.42. The molecular formula is C15H15NO2S2. The number of carbonyl (C=O) groups excluding carboxylic acids is 1. The van der Waals surface area contributed by atoms with Gasteiger partial charge in [-0.15, -0.1) is 23.1 Å². The number of hydrogen-bond acceptors (Lipinski definition) is 4. The Morgan fingerprint density at radius 3 is 2.85 bits per heavy atom. The quantitative estimate of drug-likeness (QED) is 0.867. The molecule has 0 spiro atoms. The number of carbonyl (C=O) groups is 1. The molecule has 0 saturated carbocycles. The number of amides is 1. The maximum absolute atomic E-state index is 12.3. The average Bonchev–Trinajstić information content (AvgIpc) is 3.15. The first kappa shape index (κ1) is 13.5. The molecular weight excluding hydrogens is 290 g/mol. The molecule has 0 bridgehead atoms. The Labute approximate surface area is 126 Å². The van der Waals surface area contributed by atoms with Crippen molar-refractivity contribution in [2.45, 2.75) is 5.37 Å². The van der Waals surface area contributed by atoms with Crippen LogP contribution in [0.3, 0.4) is 0 Å². The summed E-state index contributed by atoms with van der Waals surface area (Å²) < 4.78 is 5.55. The van der Waals surface area contributed by atoms with Crippen molar-refractivity contribution in [1.29, 1.82) is 0 Å². The van der Waals surface area contributed by atoms with Gasteiger partial charge in [-0.2, -0.15) is 0 Å². The molecule has 1 atom stereocenters. The van der Waals surface area contributed by atoms with Crippen LogP contribution in [0, 0.1) is 0 Å². The Morgan fingerprint density at radius 2 is 2.10 bits per heavy atom. The summed E-state index contributed by atoms with van der Waals surface area (Å²) in [5.41, 5.74) is 0. The Hall–Kier alpha value is -1.46. The fourth-order valence-corrected chi connectivity index (χ4v) is 4.39. The van der Waals surface area contributed by atoms with Crippen molar-refractivity contribution in [2.24, 2.45) is 0 Å². The monoisotopic (exact) mass is 305 g/mol. The Kier molecular flexibility index (Phi) is 4.28. The van der Waals surface area contributed by atoms with E-state index in [1.54, 1.807) is 11.3 Å². The van der Waals surface area contributed by atoms with Gasteiger partial charge in [-0.3, -0.25) is 4.79 Å². The Bertz CT molecular complexity index is 557. The van der Waals surface area contributed by atoms with E-state index in [9.17, 15) is 4.79 Å². The first-order valence-corrected chi connectivity index (χ1v) is 8.40. The fraction of sp³-hybridized carbons (Fsp3) is 0.267. The topological polar surface area (TPSA) is 29.5 Å². The highest BCUT2D eigenvalue weighted by atomic mass is 32.2. The van der Waals surface area contributed by atoms with Crippen molar-refractivity contribution in [2.75, 3.05) is 18.9 Å². The summed E-state index contributed by atoms with van der Waals surface area (Å²) in [6, 6.07) is 13.6. The van der Waals surface area contributed by atoms with E-state index in [0.717, 1.165) is 18.0 Å². The fourth-order valence-electron chi connectivity index (χ4n) is 2.14. The lowest BCUT2D eigenvalue weighted by molar-refractivity contribution is -0.133. The lowest BCUT2D eigenvalue weighted by Gasteiger charge is -2.22. The van der Waals surface area contributed by atoms with Gasteiger partial charge in [0.15, 0.2) is 6.61 Å². The highest BCUT2D eigenvalue weighted by Gasteiger charge is 2.31. The zero-order valence-electron chi connectivity index (χ0n) is 10.9. The highest BCUT2D eigenvalue weighted by molar-refractivity contribution is 7.99. The van der Waals surface area contributed by atoms with Gasteiger partial charge in [-0.05, 0) is 23.6 Å². The van der Waals surface area contributed by atoms with E-state index in [4.69, 9.17) is 4.74 Å². The van der Waals surface area contributed by atoms with Crippen LogP contribution in [0.2, 0.25) is 0 Å². The van der Waals surface area contributed by atoms with Crippen LogP contribution in [-0.2, 0) is 4.79 Å². The average molecular weight is 305 g/mol. The van der Waals surface area contributed by atoms with Gasteiger partial charge in [-0.25, -0.2) is 0 Å². The molecule has 2 heterocycles. The molecule has 3 rings (SSSR count). The SMILES string of the molecule is O=C(COc1ccccc1)N1CCSC1c1cccs1. The second kappa shape index (κ2) is 6.33. The smallest absolute Gasteiger partial charge is 0.261 e. The molecule has 104 valence electrons. The number of para-hydroxylation sites is 1. The number of nitrogens with zero attached hydrogens (tertiary/aromatic N) is 1. The second-order valence-corrected chi connectivity index (χ2v) is 6.59. The molecule has 1 aromatic carbocycles. The number of hydrogen-bond donors (Lipinski definition) is 0. The Morgan fingerprint density at radius 1 is 1.25 bits per heavy atom. The van der Waals surface area contributed by atoms with Gasteiger partial charge < -0.3 is 9.64 Å². The summed E-state index contributed by atoms with van der Waals surface area (Å²) in [7, 11) is 0. The standard InChI is InChI=1S/C15H15NO2S2/c17-14(11-18-12-5-2-1-3-6-12)16-8-10-20-15(16)13-7-4-9-19-13/h1-7,9,15H,8,10-11H2. The number of ether oxygens (including phenoxy) is 1. The summed E-state index contributed by atoms with van der Waals surface area (Å²) in [5, 5.41) is 2.21. The molecule has 0 N–H and O–H groups in total. The summed E-state index contributed by atoms with van der Waals surface area (Å²) in [6.45, 7) is 0.899. The third-order valence-electron chi connectivity index (χ3n) is 3.10. The number of benzene rings is 1. The van der Waals surface area contributed by atoms with Crippen LogP contribution in [0.4, 0.5) is 0 Å². The molecule has 0 aliphatic carbocycles. The van der Waals surface area contributed by atoms with E-state index in [-0.39, 0.29) is 17.9 Å². The van der Waals surface area contributed by atoms with Gasteiger partial charge in [0.2, 0.25) is 0 Å². The minimum atomic E-state index is 0.0530. The van der Waals surface area contributed by atoms with Crippen molar-refractivity contribution in [3.63, 3.8) is 0 Å². The predicted molar refractivity (Wildman–Crippen MR) is 83.2 cm³/mol. The molecule has 1 aromatic heterocycles. The lowest BCUT2D eigenvalue weighted by Crippen LogP contribution is -2.34. The van der Waals surface area contributed by atoms with Crippen molar-refractivity contribution in [3.8, 4) is 5.75 Å². The lowest BCUT2D eigenvalue weighted by atomic mass is 10.3. The highest BCUT2D eigenvalue weighted by Crippen LogP contribution is 2.39. The summed E-state index contributed by atoms with van der Waals surface area (Å²) in [4.78, 5) is 15.5. The van der Waals surface area contributed by atoms with Gasteiger partial charge >= 0.3 is 0 Å². The van der Waals surface area contributed by atoms with Crippen molar-refractivity contribution in [1.82, 2.24) is 4.90 Å². The van der Waals surface area contributed by atoms with Crippen LogP contribution in [0.1, 0.15) is 10.3 Å². The van der Waals surface area contributed by atoms with Gasteiger partial charge in [0.1, 0.15) is 11.1 Å². The predicted octanol–water partition coefficient (Wildman–Crippen LogP) is 3.40. The van der Waals surface area contributed by atoms with Crippen LogP contribution >= 0.6 is 23.1 Å². The van der Waals surface area contributed by atoms with Crippen molar-refractivity contribution in [3.05, 3.63) is 52.7 Å². The molecule has 20 heavy (non-hydrogen) atoms. The van der Waals surface area contributed by atoms with Crippen LogP contribution in [0.25, 0.3) is 0 Å². The van der Waals surface area contributed by atoms with Gasteiger partial charge in [0, 0.05) is 17.2 Å². The zero-order valence-corrected chi connectivity index (χ0v) is 12.5. The molecule has 2 aromatic rings.